The Bertz CT molecular complexity index is 618. The molecule has 0 N–H and O–H groups in total. The Morgan fingerprint density at radius 1 is 1.10 bits per heavy atom. The Labute approximate surface area is 118 Å². The number of halogens is 1. The van der Waals surface area contributed by atoms with Gasteiger partial charge in [-0.15, -0.1) is 0 Å². The van der Waals surface area contributed by atoms with Crippen molar-refractivity contribution in [2.75, 3.05) is 7.11 Å². The van der Waals surface area contributed by atoms with Crippen LogP contribution in [0.4, 0.5) is 4.39 Å². The molecule has 0 saturated heterocycles. The lowest BCUT2D eigenvalue weighted by Crippen LogP contribution is -2.29. The molecule has 0 heterocycles. The van der Waals surface area contributed by atoms with E-state index in [2.05, 4.69) is 0 Å². The topological polar surface area (TPSA) is 26.3 Å². The van der Waals surface area contributed by atoms with Crippen molar-refractivity contribution in [2.45, 2.75) is 19.3 Å². The van der Waals surface area contributed by atoms with E-state index in [4.69, 9.17) is 4.74 Å². The van der Waals surface area contributed by atoms with Crippen LogP contribution in [-0.2, 0) is 5.41 Å². The van der Waals surface area contributed by atoms with Gasteiger partial charge >= 0.3 is 0 Å². The number of hydrogen-bond donors (Lipinski definition) is 0. The Morgan fingerprint density at radius 3 is 2.30 bits per heavy atom. The van der Waals surface area contributed by atoms with Gasteiger partial charge in [0.05, 0.1) is 18.1 Å². The fraction of sp³-hybridized carbons (Fsp3) is 0.235. The highest BCUT2D eigenvalue weighted by molar-refractivity contribution is 6.03. The van der Waals surface area contributed by atoms with Crippen molar-refractivity contribution in [2.24, 2.45) is 0 Å². The van der Waals surface area contributed by atoms with E-state index in [1.807, 2.05) is 30.3 Å². The van der Waals surface area contributed by atoms with Crippen molar-refractivity contribution in [1.82, 2.24) is 0 Å². The minimum absolute atomic E-state index is 0.0830. The van der Waals surface area contributed by atoms with E-state index in [-0.39, 0.29) is 11.3 Å². The first kappa shape index (κ1) is 14.3. The van der Waals surface area contributed by atoms with Gasteiger partial charge in [-0.1, -0.05) is 30.3 Å². The smallest absolute Gasteiger partial charge is 0.175 e. The zero-order valence-corrected chi connectivity index (χ0v) is 11.8. The van der Waals surface area contributed by atoms with Crippen molar-refractivity contribution < 1.29 is 13.9 Å². The van der Waals surface area contributed by atoms with Gasteiger partial charge in [0.2, 0.25) is 0 Å². The number of carbonyl (C=O) groups excluding carboxylic acids is 1. The average molecular weight is 272 g/mol. The summed E-state index contributed by atoms with van der Waals surface area (Å²) in [6, 6.07) is 13.7. The van der Waals surface area contributed by atoms with Gasteiger partial charge in [0.25, 0.3) is 0 Å². The molecule has 3 heteroatoms. The van der Waals surface area contributed by atoms with E-state index in [1.165, 1.54) is 19.2 Å². The maximum atomic E-state index is 14.0. The van der Waals surface area contributed by atoms with Gasteiger partial charge in [-0.2, -0.15) is 0 Å². The number of ketones is 1. The number of ether oxygens (including phenoxy) is 1. The van der Waals surface area contributed by atoms with Crippen LogP contribution in [0.1, 0.15) is 29.8 Å². The van der Waals surface area contributed by atoms with Gasteiger partial charge in [0, 0.05) is 6.07 Å². The third-order valence-corrected chi connectivity index (χ3v) is 3.48. The first-order valence-corrected chi connectivity index (χ1v) is 6.40. The monoisotopic (exact) mass is 272 g/mol. The van der Waals surface area contributed by atoms with Crippen LogP contribution in [-0.4, -0.2) is 12.9 Å². The second kappa shape index (κ2) is 5.45. The molecule has 0 amide bonds. The lowest BCUT2D eigenvalue weighted by atomic mass is 9.78. The van der Waals surface area contributed by atoms with Gasteiger partial charge in [-0.05, 0) is 31.5 Å². The van der Waals surface area contributed by atoms with Crippen LogP contribution in [0.3, 0.4) is 0 Å². The minimum atomic E-state index is -0.781. The zero-order chi connectivity index (χ0) is 14.8. The van der Waals surface area contributed by atoms with Crippen molar-refractivity contribution >= 4 is 5.78 Å². The van der Waals surface area contributed by atoms with E-state index in [1.54, 1.807) is 19.9 Å². The largest absolute Gasteiger partial charge is 0.497 e. The lowest BCUT2D eigenvalue weighted by Gasteiger charge is -2.24. The fourth-order valence-corrected chi connectivity index (χ4v) is 2.13. The van der Waals surface area contributed by atoms with E-state index in [0.717, 1.165) is 5.56 Å². The molecule has 0 bridgehead atoms. The summed E-state index contributed by atoms with van der Waals surface area (Å²) in [5.74, 6) is -0.404. The number of rotatable bonds is 4. The molecule has 0 aliphatic heterocycles. The normalized spacial score (nSPS) is 11.2. The lowest BCUT2D eigenvalue weighted by molar-refractivity contribution is 0.0904. The van der Waals surface area contributed by atoms with Crippen molar-refractivity contribution in [3.05, 3.63) is 65.5 Å². The molecule has 0 saturated carbocycles. The zero-order valence-electron chi connectivity index (χ0n) is 11.8. The van der Waals surface area contributed by atoms with Gasteiger partial charge in [0.1, 0.15) is 11.6 Å². The average Bonchev–Trinajstić information content (AvgIpc) is 2.47. The number of Topliss-reactive ketones (excluding diaryl/α,β-unsaturated/α-hetero) is 1. The second-order valence-corrected chi connectivity index (χ2v) is 5.17. The van der Waals surface area contributed by atoms with Crippen molar-refractivity contribution in [3.8, 4) is 5.75 Å². The standard InChI is InChI=1S/C17H17FO2/c1-17(2,12-7-5-4-6-8-12)16(19)14-10-9-13(20-3)11-15(14)18/h4-11H,1-3H3. The summed E-state index contributed by atoms with van der Waals surface area (Å²) in [5, 5.41) is 0. The maximum absolute atomic E-state index is 14.0. The van der Waals surface area contributed by atoms with Gasteiger partial charge in [-0.3, -0.25) is 4.79 Å². The summed E-state index contributed by atoms with van der Waals surface area (Å²) < 4.78 is 19.0. The predicted molar refractivity (Wildman–Crippen MR) is 76.8 cm³/mol. The van der Waals surface area contributed by atoms with E-state index in [0.29, 0.717) is 5.75 Å². The number of methoxy groups -OCH3 is 1. The molecule has 20 heavy (non-hydrogen) atoms. The molecular formula is C17H17FO2. The van der Waals surface area contributed by atoms with Gasteiger partial charge in [-0.25, -0.2) is 4.39 Å². The molecule has 0 aromatic heterocycles. The molecule has 2 rings (SSSR count). The molecule has 0 aliphatic rings. The molecule has 2 nitrogen and oxygen atoms in total. The molecule has 0 fully saturated rings. The quantitative estimate of drug-likeness (QED) is 0.786. The van der Waals surface area contributed by atoms with Crippen LogP contribution in [0.25, 0.3) is 0 Å². The third kappa shape index (κ3) is 2.57. The highest BCUT2D eigenvalue weighted by Crippen LogP contribution is 2.29. The van der Waals surface area contributed by atoms with Crippen LogP contribution in [0.2, 0.25) is 0 Å². The molecule has 104 valence electrons. The molecule has 0 radical (unpaired) electrons. The summed E-state index contributed by atoms with van der Waals surface area (Å²) in [6.07, 6.45) is 0. The van der Waals surface area contributed by atoms with E-state index >= 15 is 0 Å². The van der Waals surface area contributed by atoms with Crippen molar-refractivity contribution in [1.29, 1.82) is 0 Å². The van der Waals surface area contributed by atoms with Gasteiger partial charge in [0.15, 0.2) is 5.78 Å². The Balaban J connectivity index is 2.41. The third-order valence-electron chi connectivity index (χ3n) is 3.48. The Morgan fingerprint density at radius 2 is 1.75 bits per heavy atom. The maximum Gasteiger partial charge on any atom is 0.175 e. The summed E-state index contributed by atoms with van der Waals surface area (Å²) >= 11 is 0. The molecule has 2 aromatic carbocycles. The summed E-state index contributed by atoms with van der Waals surface area (Å²) in [6.45, 7) is 3.60. The number of benzene rings is 2. The predicted octanol–water partition coefficient (Wildman–Crippen LogP) is 3.99. The fourth-order valence-electron chi connectivity index (χ4n) is 2.13. The van der Waals surface area contributed by atoms with Crippen LogP contribution in [0, 0.1) is 5.82 Å². The van der Waals surface area contributed by atoms with Gasteiger partial charge < -0.3 is 4.74 Å². The summed E-state index contributed by atoms with van der Waals surface area (Å²) in [7, 11) is 1.46. The molecule has 0 aliphatic carbocycles. The summed E-state index contributed by atoms with van der Waals surface area (Å²) in [4.78, 5) is 12.6. The number of carbonyl (C=O) groups is 1. The molecule has 2 aromatic rings. The van der Waals surface area contributed by atoms with Crippen LogP contribution in [0.15, 0.2) is 48.5 Å². The second-order valence-electron chi connectivity index (χ2n) is 5.17. The van der Waals surface area contributed by atoms with E-state index < -0.39 is 11.2 Å². The van der Waals surface area contributed by atoms with Crippen LogP contribution >= 0.6 is 0 Å². The van der Waals surface area contributed by atoms with Crippen LogP contribution in [0.5, 0.6) is 5.75 Å². The SMILES string of the molecule is COc1ccc(C(=O)C(C)(C)c2ccccc2)c(F)c1. The highest BCUT2D eigenvalue weighted by atomic mass is 19.1. The minimum Gasteiger partial charge on any atom is -0.497 e. The Kier molecular flexibility index (Phi) is 3.89. The molecule has 0 spiro atoms. The molecular weight excluding hydrogens is 255 g/mol. The molecule has 0 atom stereocenters. The first-order valence-electron chi connectivity index (χ1n) is 6.40. The van der Waals surface area contributed by atoms with E-state index in [9.17, 15) is 9.18 Å². The molecule has 0 unspecified atom stereocenters. The summed E-state index contributed by atoms with van der Waals surface area (Å²) in [5.41, 5.74) is 0.163. The Hall–Kier alpha value is -2.16. The first-order chi connectivity index (χ1) is 9.46. The van der Waals surface area contributed by atoms with Crippen LogP contribution < -0.4 is 4.74 Å². The number of hydrogen-bond acceptors (Lipinski definition) is 2. The highest BCUT2D eigenvalue weighted by Gasteiger charge is 2.32. The van der Waals surface area contributed by atoms with Crippen molar-refractivity contribution in [3.63, 3.8) is 0 Å².